The second-order valence-corrected chi connectivity index (χ2v) is 20.8. The van der Waals surface area contributed by atoms with Crippen LogP contribution in [0.3, 0.4) is 0 Å². The summed E-state index contributed by atoms with van der Waals surface area (Å²) in [5.74, 6) is 0.465. The highest BCUT2D eigenvalue weighted by atomic mass is 32.2. The van der Waals surface area contributed by atoms with Crippen LogP contribution in [0.5, 0.6) is 0 Å². The maximum Gasteiger partial charge on any atom is 0.315 e. The fraction of sp³-hybridized carbons (Fsp3) is 0.650. The number of hydrogen-bond donors (Lipinski definition) is 5. The van der Waals surface area contributed by atoms with E-state index in [1.165, 1.54) is 6.07 Å². The number of urea groups is 2. The van der Waals surface area contributed by atoms with Crippen LogP contribution in [0.15, 0.2) is 53.5 Å². The Labute approximate surface area is 360 Å². The highest BCUT2D eigenvalue weighted by molar-refractivity contribution is 8.00. The van der Waals surface area contributed by atoms with Crippen LogP contribution in [0.1, 0.15) is 75.6 Å². The zero-order chi connectivity index (χ0) is 41.9. The van der Waals surface area contributed by atoms with Crippen molar-refractivity contribution in [3.8, 4) is 0 Å². The third kappa shape index (κ3) is 12.1. The smallest absolute Gasteiger partial charge is 0.315 e. The van der Waals surface area contributed by atoms with E-state index in [-0.39, 0.29) is 47.7 Å². The first-order chi connectivity index (χ1) is 29.1. The summed E-state index contributed by atoms with van der Waals surface area (Å²) in [6.45, 7) is 2.85. The molecule has 328 valence electrons. The predicted octanol–water partition coefficient (Wildman–Crippen LogP) is 3.98. The van der Waals surface area contributed by atoms with Crippen molar-refractivity contribution in [3.63, 3.8) is 0 Å². The lowest BCUT2D eigenvalue weighted by Gasteiger charge is -2.25. The fourth-order valence-electron chi connectivity index (χ4n) is 8.60. The summed E-state index contributed by atoms with van der Waals surface area (Å²) < 4.78 is 44.3. The standard InChI is InChI=1S/C40H59FN12O4S3/c41-28(16-17-42)27-60(56,57)32-13-7-12-31(22-32)51(18-8-10-29-23-52(49-47-29)20-5-1-3-14-35-37-33(25-58-35)43-39(54)45-37)19-9-11-30-24-53(50-48-30)21-6-2-4-15-36-38-34(26-59-36)44-40(55)46-38/h7,12-13,16,22-24,33-38H,1-6,8-11,14-15,17-21,25-27,42H2,(H2,43,45,54)(H2,44,46,55)/b28-16-/t33-,34?,35-,36-,37-,38-/m0/s1. The number of rotatable bonds is 25. The molecular formula is C40H59FN12O4S3. The molecule has 0 saturated carbocycles. The van der Waals surface area contributed by atoms with E-state index in [1.807, 2.05) is 51.3 Å². The third-order valence-electron chi connectivity index (χ3n) is 11.7. The van der Waals surface area contributed by atoms with Gasteiger partial charge in [-0.05, 0) is 75.6 Å². The van der Waals surface area contributed by atoms with E-state index in [1.54, 1.807) is 12.1 Å². The number of halogens is 1. The van der Waals surface area contributed by atoms with Crippen LogP contribution in [0.2, 0.25) is 0 Å². The van der Waals surface area contributed by atoms with E-state index in [2.05, 4.69) is 46.8 Å². The van der Waals surface area contributed by atoms with E-state index < -0.39 is 21.4 Å². The van der Waals surface area contributed by atoms with E-state index in [0.717, 1.165) is 112 Å². The van der Waals surface area contributed by atoms with Crippen molar-refractivity contribution < 1.29 is 22.4 Å². The number of nitrogens with zero attached hydrogens (tertiary/aromatic N) is 7. The number of nitrogens with two attached hydrogens (primary N) is 1. The molecule has 6 heterocycles. The predicted molar refractivity (Wildman–Crippen MR) is 234 cm³/mol. The van der Waals surface area contributed by atoms with Gasteiger partial charge in [0.05, 0.1) is 40.5 Å². The number of benzene rings is 1. The Hall–Kier alpha value is -3.88. The Morgan fingerprint density at radius 3 is 1.88 bits per heavy atom. The van der Waals surface area contributed by atoms with Crippen molar-refractivity contribution in [2.75, 3.05) is 41.8 Å². The van der Waals surface area contributed by atoms with Crippen molar-refractivity contribution >= 4 is 51.1 Å². The lowest BCUT2D eigenvalue weighted by Crippen LogP contribution is -2.36. The SMILES string of the molecule is NC/C=C(\F)CS(=O)(=O)c1cccc(N(CCCc2cn(CCCCC[C@@H]3SC[C@@H]4NC(=O)N[C@@H]43)nn2)CCCc2cn(CCCCC[C@@H]3SCC4NC(=O)N[C@@H]43)nn2)c1. The first-order valence-corrected chi connectivity index (χ1v) is 25.2. The minimum absolute atomic E-state index is 0.0423. The molecule has 1 unspecified atom stereocenters. The molecule has 4 saturated heterocycles. The number of sulfone groups is 1. The van der Waals surface area contributed by atoms with E-state index in [4.69, 9.17) is 5.73 Å². The number of thioether (sulfide) groups is 2. The number of carbonyl (C=O) groups excluding carboxylic acids is 2. The van der Waals surface area contributed by atoms with Crippen molar-refractivity contribution in [2.45, 2.75) is 130 Å². The van der Waals surface area contributed by atoms with Gasteiger partial charge in [-0.3, -0.25) is 9.36 Å². The van der Waals surface area contributed by atoms with Gasteiger partial charge in [-0.15, -0.1) is 10.2 Å². The zero-order valence-corrected chi connectivity index (χ0v) is 36.5. The summed E-state index contributed by atoms with van der Waals surface area (Å²) in [4.78, 5) is 25.6. The number of unbranched alkanes of at least 4 members (excludes halogenated alkanes) is 4. The summed E-state index contributed by atoms with van der Waals surface area (Å²) in [5, 5.41) is 30.7. The van der Waals surface area contributed by atoms with Gasteiger partial charge in [0.2, 0.25) is 0 Å². The summed E-state index contributed by atoms with van der Waals surface area (Å²) in [6, 6.07) is 7.66. The van der Waals surface area contributed by atoms with Gasteiger partial charge in [0.25, 0.3) is 0 Å². The van der Waals surface area contributed by atoms with Crippen LogP contribution in [0, 0.1) is 0 Å². The molecule has 6 atom stereocenters. The van der Waals surface area contributed by atoms with Crippen LogP contribution in [-0.4, -0.2) is 122 Å². The zero-order valence-electron chi connectivity index (χ0n) is 34.1. The lowest BCUT2D eigenvalue weighted by atomic mass is 10.0. The van der Waals surface area contributed by atoms with Gasteiger partial charge >= 0.3 is 12.1 Å². The molecule has 0 spiro atoms. The van der Waals surface area contributed by atoms with E-state index in [9.17, 15) is 22.4 Å². The quantitative estimate of drug-likeness (QED) is 0.0606. The third-order valence-corrected chi connectivity index (χ3v) is 16.4. The maximum atomic E-state index is 14.3. The van der Waals surface area contributed by atoms with Crippen LogP contribution in [0.4, 0.5) is 19.7 Å². The van der Waals surface area contributed by atoms with E-state index >= 15 is 0 Å². The van der Waals surface area contributed by atoms with Gasteiger partial charge in [0.1, 0.15) is 11.6 Å². The van der Waals surface area contributed by atoms with E-state index in [0.29, 0.717) is 36.4 Å². The monoisotopic (exact) mass is 886 g/mol. The Morgan fingerprint density at radius 2 is 1.35 bits per heavy atom. The average Bonchev–Trinajstić information content (AvgIpc) is 4.09. The molecule has 4 aliphatic heterocycles. The molecule has 0 aliphatic carbocycles. The second kappa shape index (κ2) is 21.3. The molecule has 0 bridgehead atoms. The van der Waals surface area contributed by atoms with Gasteiger partial charge in [0, 0.05) is 72.8 Å². The number of carbonyl (C=O) groups is 2. The summed E-state index contributed by atoms with van der Waals surface area (Å²) >= 11 is 3.90. The molecule has 20 heteroatoms. The summed E-state index contributed by atoms with van der Waals surface area (Å²) in [5.41, 5.74) is 7.98. The number of hydrogen-bond acceptors (Lipinski definition) is 12. The number of amides is 4. The van der Waals surface area contributed by atoms with Gasteiger partial charge in [-0.1, -0.05) is 42.2 Å². The highest BCUT2D eigenvalue weighted by Gasteiger charge is 2.43. The molecule has 4 aliphatic rings. The van der Waals surface area contributed by atoms with Gasteiger partial charge in [-0.2, -0.15) is 23.5 Å². The average molecular weight is 887 g/mol. The molecule has 0 radical (unpaired) electrons. The van der Waals surface area contributed by atoms with Gasteiger partial charge in [-0.25, -0.2) is 22.4 Å². The van der Waals surface area contributed by atoms with Gasteiger partial charge < -0.3 is 31.9 Å². The molecule has 1 aromatic carbocycles. The number of fused-ring (bicyclic) bond motifs is 2. The Kier molecular flexibility index (Phi) is 15.7. The molecule has 16 nitrogen and oxygen atoms in total. The van der Waals surface area contributed by atoms with Crippen LogP contribution < -0.4 is 31.9 Å². The molecule has 2 aromatic heterocycles. The van der Waals surface area contributed by atoms with Crippen LogP contribution >= 0.6 is 23.5 Å². The van der Waals surface area contributed by atoms with Gasteiger partial charge in [0.15, 0.2) is 9.84 Å². The molecule has 6 N–H and O–H groups in total. The number of anilines is 1. The molecular weight excluding hydrogens is 828 g/mol. The molecule has 3 aromatic rings. The Bertz CT molecular complexity index is 1940. The summed E-state index contributed by atoms with van der Waals surface area (Å²) in [6.07, 6.45) is 16.7. The summed E-state index contributed by atoms with van der Waals surface area (Å²) in [7, 11) is -3.91. The van der Waals surface area contributed by atoms with Crippen LogP contribution in [-0.2, 0) is 35.8 Å². The maximum absolute atomic E-state index is 14.3. The number of aromatic nitrogens is 6. The van der Waals surface area contributed by atoms with Crippen molar-refractivity contribution in [1.82, 2.24) is 51.3 Å². The number of nitrogens with one attached hydrogen (secondary N) is 4. The molecule has 60 heavy (non-hydrogen) atoms. The lowest BCUT2D eigenvalue weighted by molar-refractivity contribution is 0.246. The first-order valence-electron chi connectivity index (χ1n) is 21.4. The largest absolute Gasteiger partial charge is 0.371 e. The Morgan fingerprint density at radius 1 is 0.800 bits per heavy atom. The van der Waals surface area contributed by atoms with Crippen molar-refractivity contribution in [1.29, 1.82) is 0 Å². The van der Waals surface area contributed by atoms with Crippen molar-refractivity contribution in [2.24, 2.45) is 5.73 Å². The highest BCUT2D eigenvalue weighted by Crippen LogP contribution is 2.34. The van der Waals surface area contributed by atoms with Crippen LogP contribution in [0.25, 0.3) is 0 Å². The molecule has 4 amide bonds. The molecule has 4 fully saturated rings. The minimum atomic E-state index is -3.91. The fourth-order valence-corrected chi connectivity index (χ4v) is 12.9. The Balaban J connectivity index is 0.865. The first kappa shape index (κ1) is 44.2. The normalized spacial score (nSPS) is 23.6. The topological polar surface area (TPSA) is 207 Å². The van der Waals surface area contributed by atoms with Crippen molar-refractivity contribution in [3.05, 3.63) is 59.9 Å². The number of aryl methyl sites for hydroxylation is 4. The molecule has 7 rings (SSSR count). The second-order valence-electron chi connectivity index (χ2n) is 16.2. The minimum Gasteiger partial charge on any atom is -0.371 e.